The first-order chi connectivity index (χ1) is 12.7. The number of rotatable bonds is 8. The highest BCUT2D eigenvalue weighted by Crippen LogP contribution is 2.06. The van der Waals surface area contributed by atoms with Crippen LogP contribution in [0.1, 0.15) is 27.9 Å². The number of carbonyl (C=O) groups is 2. The van der Waals surface area contributed by atoms with E-state index in [1.807, 2.05) is 29.6 Å². The molecule has 2 aromatic heterocycles. The number of aromatic nitrogens is 3. The maximum absolute atomic E-state index is 11.9. The first-order valence-corrected chi connectivity index (χ1v) is 9.12. The van der Waals surface area contributed by atoms with E-state index in [4.69, 9.17) is 0 Å². The van der Waals surface area contributed by atoms with E-state index in [9.17, 15) is 9.59 Å². The quantitative estimate of drug-likeness (QED) is 0.634. The minimum Gasteiger partial charge on any atom is -0.352 e. The average molecular weight is 369 g/mol. The number of amides is 2. The Labute approximate surface area is 155 Å². The minimum atomic E-state index is -0.151. The lowest BCUT2D eigenvalue weighted by molar-refractivity contribution is -0.121. The first-order valence-electron chi connectivity index (χ1n) is 8.18. The zero-order valence-corrected chi connectivity index (χ0v) is 14.9. The molecule has 0 saturated heterocycles. The van der Waals surface area contributed by atoms with Gasteiger partial charge in [-0.05, 0) is 22.6 Å². The number of carbonyl (C=O) groups excluding carboxylic acids is 2. The van der Waals surface area contributed by atoms with Crippen molar-refractivity contribution in [3.05, 3.63) is 70.4 Å². The van der Waals surface area contributed by atoms with E-state index < -0.39 is 0 Å². The van der Waals surface area contributed by atoms with Crippen LogP contribution in [0.2, 0.25) is 0 Å². The van der Waals surface area contributed by atoms with Gasteiger partial charge < -0.3 is 10.6 Å². The Balaban J connectivity index is 1.36. The van der Waals surface area contributed by atoms with Gasteiger partial charge in [0.2, 0.25) is 5.91 Å². The largest absolute Gasteiger partial charge is 0.352 e. The second-order valence-corrected chi connectivity index (χ2v) is 6.48. The van der Waals surface area contributed by atoms with Crippen LogP contribution in [0.15, 0.2) is 53.7 Å². The van der Waals surface area contributed by atoms with E-state index in [1.165, 1.54) is 17.7 Å². The fraction of sp³-hybridized carbons (Fsp3) is 0.222. The lowest BCUT2D eigenvalue weighted by atomic mass is 10.1. The molecule has 0 atom stereocenters. The van der Waals surface area contributed by atoms with Gasteiger partial charge in [0.25, 0.3) is 5.91 Å². The Morgan fingerprint density at radius 2 is 1.88 bits per heavy atom. The Hall–Kier alpha value is -3.00. The van der Waals surface area contributed by atoms with Crippen LogP contribution in [0.5, 0.6) is 0 Å². The fourth-order valence-electron chi connectivity index (χ4n) is 2.34. The van der Waals surface area contributed by atoms with Gasteiger partial charge >= 0.3 is 0 Å². The zero-order chi connectivity index (χ0) is 18.2. The zero-order valence-electron chi connectivity index (χ0n) is 14.1. The molecule has 0 radical (unpaired) electrons. The van der Waals surface area contributed by atoms with Crippen molar-refractivity contribution in [3.8, 4) is 0 Å². The third-order valence-electron chi connectivity index (χ3n) is 3.74. The molecule has 0 aliphatic carbocycles. The Kier molecular flexibility index (Phi) is 6.10. The molecule has 0 unspecified atom stereocenters. The fourth-order valence-corrected chi connectivity index (χ4v) is 2.97. The molecule has 26 heavy (non-hydrogen) atoms. The van der Waals surface area contributed by atoms with E-state index >= 15 is 0 Å². The summed E-state index contributed by atoms with van der Waals surface area (Å²) in [6.07, 6.45) is 3.43. The molecule has 134 valence electrons. The maximum Gasteiger partial charge on any atom is 0.252 e. The van der Waals surface area contributed by atoms with Gasteiger partial charge in [-0.25, -0.2) is 9.67 Å². The molecule has 0 fully saturated rings. The van der Waals surface area contributed by atoms with Crippen LogP contribution in [-0.2, 0) is 17.9 Å². The monoisotopic (exact) mass is 369 g/mol. The molecule has 8 heteroatoms. The van der Waals surface area contributed by atoms with Gasteiger partial charge in [0.15, 0.2) is 0 Å². The van der Waals surface area contributed by atoms with Gasteiger partial charge in [-0.15, -0.1) is 0 Å². The molecule has 0 bridgehead atoms. The molecule has 0 aliphatic heterocycles. The number of thiophene rings is 1. The third kappa shape index (κ3) is 5.25. The summed E-state index contributed by atoms with van der Waals surface area (Å²) < 4.78 is 1.75. The molecule has 2 heterocycles. The highest BCUT2D eigenvalue weighted by atomic mass is 32.1. The SMILES string of the molecule is O=C(CCNC(=O)c1ccsc1)NCc1ccc(Cn2cncn2)cc1. The van der Waals surface area contributed by atoms with Crippen molar-refractivity contribution < 1.29 is 9.59 Å². The van der Waals surface area contributed by atoms with Gasteiger partial charge in [-0.3, -0.25) is 9.59 Å². The minimum absolute atomic E-state index is 0.0951. The van der Waals surface area contributed by atoms with Crippen molar-refractivity contribution in [1.82, 2.24) is 25.4 Å². The molecule has 7 nitrogen and oxygen atoms in total. The summed E-state index contributed by atoms with van der Waals surface area (Å²) in [6, 6.07) is 9.72. The number of hydrogen-bond acceptors (Lipinski definition) is 5. The van der Waals surface area contributed by atoms with Crippen LogP contribution >= 0.6 is 11.3 Å². The van der Waals surface area contributed by atoms with Crippen LogP contribution in [0, 0.1) is 0 Å². The van der Waals surface area contributed by atoms with Crippen molar-refractivity contribution in [2.45, 2.75) is 19.5 Å². The first kappa shape index (κ1) is 17.8. The average Bonchev–Trinajstić information content (AvgIpc) is 3.35. The number of nitrogens with zero attached hydrogens (tertiary/aromatic N) is 3. The maximum atomic E-state index is 11.9. The van der Waals surface area contributed by atoms with Crippen molar-refractivity contribution in [2.75, 3.05) is 6.54 Å². The standard InChI is InChI=1S/C18H19N5O2S/c24-17(5-7-20-18(25)16-6-8-26-11-16)21-9-14-1-3-15(4-2-14)10-23-13-19-12-22-23/h1-4,6,8,11-13H,5,7,9-10H2,(H,20,25)(H,21,24). The predicted molar refractivity (Wildman–Crippen MR) is 98.7 cm³/mol. The molecule has 2 amide bonds. The Morgan fingerprint density at radius 3 is 2.58 bits per heavy atom. The summed E-state index contributed by atoms with van der Waals surface area (Å²) in [5.41, 5.74) is 2.76. The number of hydrogen-bond donors (Lipinski definition) is 2. The molecule has 2 N–H and O–H groups in total. The highest BCUT2D eigenvalue weighted by molar-refractivity contribution is 7.08. The third-order valence-corrected chi connectivity index (χ3v) is 4.43. The van der Waals surface area contributed by atoms with E-state index in [-0.39, 0.29) is 18.2 Å². The summed E-state index contributed by atoms with van der Waals surface area (Å²) in [7, 11) is 0. The number of benzene rings is 1. The van der Waals surface area contributed by atoms with Crippen LogP contribution in [0.25, 0.3) is 0 Å². The van der Waals surface area contributed by atoms with Gasteiger partial charge in [0.05, 0.1) is 6.54 Å². The molecule has 0 spiro atoms. The van der Waals surface area contributed by atoms with Crippen molar-refractivity contribution in [2.24, 2.45) is 0 Å². The topological polar surface area (TPSA) is 88.9 Å². The molecule has 0 saturated carbocycles. The highest BCUT2D eigenvalue weighted by Gasteiger charge is 2.07. The van der Waals surface area contributed by atoms with Crippen LogP contribution < -0.4 is 10.6 Å². The van der Waals surface area contributed by atoms with Gasteiger partial charge in [-0.1, -0.05) is 24.3 Å². The summed E-state index contributed by atoms with van der Waals surface area (Å²) in [4.78, 5) is 27.6. The Bertz CT molecular complexity index is 829. The molecule has 1 aromatic carbocycles. The van der Waals surface area contributed by atoms with Crippen LogP contribution in [0.4, 0.5) is 0 Å². The second-order valence-electron chi connectivity index (χ2n) is 5.70. The van der Waals surface area contributed by atoms with Crippen LogP contribution in [0.3, 0.4) is 0 Å². The van der Waals surface area contributed by atoms with Gasteiger partial charge in [0.1, 0.15) is 12.7 Å². The predicted octanol–water partition coefficient (Wildman–Crippen LogP) is 1.82. The molecular formula is C18H19N5O2S. The van der Waals surface area contributed by atoms with Crippen LogP contribution in [-0.4, -0.2) is 33.1 Å². The van der Waals surface area contributed by atoms with Gasteiger partial charge in [-0.2, -0.15) is 16.4 Å². The van der Waals surface area contributed by atoms with Gasteiger partial charge in [0, 0.05) is 30.5 Å². The lowest BCUT2D eigenvalue weighted by Crippen LogP contribution is -2.30. The second kappa shape index (κ2) is 8.91. The van der Waals surface area contributed by atoms with Crippen molar-refractivity contribution in [1.29, 1.82) is 0 Å². The molecule has 3 aromatic rings. The van der Waals surface area contributed by atoms with Crippen molar-refractivity contribution >= 4 is 23.2 Å². The molecule has 3 rings (SSSR count). The van der Waals surface area contributed by atoms with E-state index in [0.29, 0.717) is 25.2 Å². The normalized spacial score (nSPS) is 10.5. The summed E-state index contributed by atoms with van der Waals surface area (Å²) >= 11 is 1.47. The number of nitrogens with one attached hydrogen (secondary N) is 2. The lowest BCUT2D eigenvalue weighted by Gasteiger charge is -2.07. The van der Waals surface area contributed by atoms with Crippen molar-refractivity contribution in [3.63, 3.8) is 0 Å². The van der Waals surface area contributed by atoms with E-state index in [1.54, 1.807) is 22.5 Å². The van der Waals surface area contributed by atoms with E-state index in [2.05, 4.69) is 20.7 Å². The smallest absolute Gasteiger partial charge is 0.252 e. The summed E-state index contributed by atoms with van der Waals surface area (Å²) in [5.74, 6) is -0.246. The van der Waals surface area contributed by atoms with E-state index in [0.717, 1.165) is 11.1 Å². The molecular weight excluding hydrogens is 350 g/mol. The molecule has 0 aliphatic rings. The Morgan fingerprint density at radius 1 is 1.08 bits per heavy atom. The summed E-state index contributed by atoms with van der Waals surface area (Å²) in [5, 5.41) is 13.3. The summed E-state index contributed by atoms with van der Waals surface area (Å²) in [6.45, 7) is 1.44.